The molecule has 0 radical (unpaired) electrons. The standard InChI is InChI=1S/C7H4O3/c8-3-5-1-2-7(10)6(5)4-9/h1-2H2. The van der Waals surface area contributed by atoms with Crippen LogP contribution in [-0.4, -0.2) is 17.7 Å². The minimum atomic E-state index is -0.298. The molecule has 0 atom stereocenters. The lowest BCUT2D eigenvalue weighted by atomic mass is 10.2. The molecule has 0 aromatic heterocycles. The van der Waals surface area contributed by atoms with Gasteiger partial charge in [-0.1, -0.05) is 0 Å². The Kier molecular flexibility index (Phi) is 1.63. The number of carbonyl (C=O) groups excluding carboxylic acids is 3. The fourth-order valence-corrected chi connectivity index (χ4v) is 0.877. The summed E-state index contributed by atoms with van der Waals surface area (Å²) in [6.07, 6.45) is 0.585. The summed E-state index contributed by atoms with van der Waals surface area (Å²) in [5.41, 5.74) is 0.0509. The molecule has 1 saturated carbocycles. The van der Waals surface area contributed by atoms with Crippen LogP contribution >= 0.6 is 0 Å². The summed E-state index contributed by atoms with van der Waals surface area (Å²) in [6.45, 7) is 0. The number of hydrogen-bond donors (Lipinski definition) is 0. The summed E-state index contributed by atoms with van der Waals surface area (Å²) in [4.78, 5) is 30.7. The summed E-state index contributed by atoms with van der Waals surface area (Å²) >= 11 is 0. The van der Waals surface area contributed by atoms with Gasteiger partial charge < -0.3 is 0 Å². The zero-order valence-corrected chi connectivity index (χ0v) is 5.14. The Morgan fingerprint density at radius 2 is 1.80 bits per heavy atom. The third-order valence-corrected chi connectivity index (χ3v) is 1.41. The molecule has 0 aromatic carbocycles. The van der Waals surface area contributed by atoms with Gasteiger partial charge in [-0.3, -0.25) is 4.79 Å². The van der Waals surface area contributed by atoms with Crippen molar-refractivity contribution in [3.8, 4) is 0 Å². The molecule has 0 bridgehead atoms. The van der Waals surface area contributed by atoms with Gasteiger partial charge in [0.15, 0.2) is 5.78 Å². The van der Waals surface area contributed by atoms with Crippen LogP contribution in [-0.2, 0) is 14.4 Å². The second kappa shape index (κ2) is 2.44. The van der Waals surface area contributed by atoms with Gasteiger partial charge in [0.05, 0.1) is 5.57 Å². The number of rotatable bonds is 0. The normalized spacial score (nSPS) is 17.0. The van der Waals surface area contributed by atoms with Gasteiger partial charge in [-0.25, -0.2) is 9.59 Å². The van der Waals surface area contributed by atoms with Crippen LogP contribution in [0.2, 0.25) is 0 Å². The van der Waals surface area contributed by atoms with Gasteiger partial charge in [-0.2, -0.15) is 0 Å². The first-order valence-electron chi connectivity index (χ1n) is 2.82. The molecular formula is C7H4O3. The van der Waals surface area contributed by atoms with Crippen molar-refractivity contribution in [2.45, 2.75) is 12.8 Å². The van der Waals surface area contributed by atoms with E-state index in [0.717, 1.165) is 0 Å². The molecule has 0 heterocycles. The molecule has 3 nitrogen and oxygen atoms in total. The summed E-state index contributed by atoms with van der Waals surface area (Å²) in [5, 5.41) is 0. The minimum Gasteiger partial charge on any atom is -0.293 e. The Bertz CT molecular complexity index is 275. The van der Waals surface area contributed by atoms with Crippen molar-refractivity contribution in [2.24, 2.45) is 0 Å². The second-order valence-corrected chi connectivity index (χ2v) is 1.98. The molecule has 1 fully saturated rings. The van der Waals surface area contributed by atoms with Crippen molar-refractivity contribution < 1.29 is 14.4 Å². The quantitative estimate of drug-likeness (QED) is 0.344. The van der Waals surface area contributed by atoms with Crippen LogP contribution in [0, 0.1) is 0 Å². The number of Topliss-reactive ketones (excluding diaryl/α,β-unsaturated/α-hetero) is 1. The first kappa shape index (κ1) is 6.69. The molecule has 0 N–H and O–H groups in total. The molecule has 0 unspecified atom stereocenters. The number of carbonyl (C=O) groups is 1. The highest BCUT2D eigenvalue weighted by Gasteiger charge is 2.24. The Morgan fingerprint density at radius 1 is 1.10 bits per heavy atom. The topological polar surface area (TPSA) is 51.2 Å². The maximum Gasteiger partial charge on any atom is 0.175 e. The first-order valence-corrected chi connectivity index (χ1v) is 2.82. The third kappa shape index (κ3) is 0.841. The molecule has 1 aliphatic rings. The Labute approximate surface area is 57.0 Å². The van der Waals surface area contributed by atoms with Crippen molar-refractivity contribution in [3.63, 3.8) is 0 Å². The van der Waals surface area contributed by atoms with Crippen LogP contribution in [0.25, 0.3) is 0 Å². The van der Waals surface area contributed by atoms with E-state index in [9.17, 15) is 14.4 Å². The van der Waals surface area contributed by atoms with Crippen molar-refractivity contribution in [2.75, 3.05) is 0 Å². The van der Waals surface area contributed by atoms with E-state index in [1.54, 1.807) is 5.94 Å². The van der Waals surface area contributed by atoms with Crippen LogP contribution < -0.4 is 0 Å². The van der Waals surface area contributed by atoms with Gasteiger partial charge in [0, 0.05) is 6.42 Å². The first-order chi connectivity index (χ1) is 4.79. The molecule has 0 saturated heterocycles. The molecule has 1 aliphatic carbocycles. The van der Waals surface area contributed by atoms with E-state index >= 15 is 0 Å². The highest BCUT2D eigenvalue weighted by molar-refractivity contribution is 6.11. The third-order valence-electron chi connectivity index (χ3n) is 1.41. The summed E-state index contributed by atoms with van der Waals surface area (Å²) < 4.78 is 0. The molecule has 50 valence electrons. The van der Waals surface area contributed by atoms with E-state index in [-0.39, 0.29) is 23.4 Å². The van der Waals surface area contributed by atoms with Crippen LogP contribution in [0.4, 0.5) is 0 Å². The van der Waals surface area contributed by atoms with Crippen LogP contribution in [0.15, 0.2) is 11.1 Å². The molecule has 1 rings (SSSR count). The lowest BCUT2D eigenvalue weighted by Gasteiger charge is -1.80. The zero-order valence-electron chi connectivity index (χ0n) is 5.14. The van der Waals surface area contributed by atoms with E-state index in [1.165, 1.54) is 5.94 Å². The number of allylic oxidation sites excluding steroid dienone is 2. The molecule has 0 amide bonds. The molecule has 0 aliphatic heterocycles. The predicted octanol–water partition coefficient (Wildman–Crippen LogP) is -0.135. The highest BCUT2D eigenvalue weighted by Crippen LogP contribution is 2.21. The van der Waals surface area contributed by atoms with Crippen LogP contribution in [0.3, 0.4) is 0 Å². The lowest BCUT2D eigenvalue weighted by Crippen LogP contribution is -1.93. The Balaban J connectivity index is 3.18. The van der Waals surface area contributed by atoms with E-state index in [0.29, 0.717) is 6.42 Å². The smallest absolute Gasteiger partial charge is 0.175 e. The van der Waals surface area contributed by atoms with E-state index in [1.807, 2.05) is 0 Å². The fourth-order valence-electron chi connectivity index (χ4n) is 0.877. The largest absolute Gasteiger partial charge is 0.293 e. The maximum absolute atomic E-state index is 10.7. The van der Waals surface area contributed by atoms with Crippen molar-refractivity contribution in [3.05, 3.63) is 11.1 Å². The average Bonchev–Trinajstić information content (AvgIpc) is 2.30. The SMILES string of the molecule is O=C=C1CCC(=O)C1=C=O. The number of ketones is 1. The van der Waals surface area contributed by atoms with Gasteiger partial charge in [0.2, 0.25) is 0 Å². The maximum atomic E-state index is 10.7. The summed E-state index contributed by atoms with van der Waals surface area (Å²) in [6, 6.07) is 0. The Morgan fingerprint density at radius 3 is 2.20 bits per heavy atom. The van der Waals surface area contributed by atoms with Crippen molar-refractivity contribution in [1.82, 2.24) is 0 Å². The molecule has 10 heavy (non-hydrogen) atoms. The monoisotopic (exact) mass is 136 g/mol. The van der Waals surface area contributed by atoms with Gasteiger partial charge in [0.1, 0.15) is 17.5 Å². The zero-order chi connectivity index (χ0) is 7.56. The van der Waals surface area contributed by atoms with Crippen LogP contribution in [0.1, 0.15) is 12.8 Å². The minimum absolute atomic E-state index is 0.116. The highest BCUT2D eigenvalue weighted by atomic mass is 16.1. The van der Waals surface area contributed by atoms with Gasteiger partial charge in [-0.05, 0) is 6.42 Å². The molecule has 0 spiro atoms. The van der Waals surface area contributed by atoms with Crippen molar-refractivity contribution >= 4 is 17.7 Å². The molecule has 3 heteroatoms. The van der Waals surface area contributed by atoms with E-state index < -0.39 is 0 Å². The van der Waals surface area contributed by atoms with E-state index in [2.05, 4.69) is 0 Å². The predicted molar refractivity (Wildman–Crippen MR) is 32.7 cm³/mol. The molecular weight excluding hydrogens is 132 g/mol. The van der Waals surface area contributed by atoms with E-state index in [4.69, 9.17) is 0 Å². The average molecular weight is 136 g/mol. The summed E-state index contributed by atoms with van der Waals surface area (Å²) in [7, 11) is 0. The molecule has 0 aromatic rings. The van der Waals surface area contributed by atoms with Gasteiger partial charge >= 0.3 is 0 Å². The fraction of sp³-hybridized carbons (Fsp3) is 0.286. The van der Waals surface area contributed by atoms with Crippen LogP contribution in [0.5, 0.6) is 0 Å². The second-order valence-electron chi connectivity index (χ2n) is 1.98. The Hall–Kier alpha value is -1.43. The lowest BCUT2D eigenvalue weighted by molar-refractivity contribution is -0.114. The number of hydrogen-bond acceptors (Lipinski definition) is 3. The van der Waals surface area contributed by atoms with Crippen molar-refractivity contribution in [1.29, 1.82) is 0 Å². The van der Waals surface area contributed by atoms with Gasteiger partial charge in [-0.15, -0.1) is 0 Å². The van der Waals surface area contributed by atoms with Gasteiger partial charge in [0.25, 0.3) is 0 Å². The summed E-state index contributed by atoms with van der Waals surface area (Å²) in [5.74, 6) is 2.68.